The van der Waals surface area contributed by atoms with Crippen LogP contribution in [-0.4, -0.2) is 5.78 Å². The first-order chi connectivity index (χ1) is 9.00. The van der Waals surface area contributed by atoms with Gasteiger partial charge in [0.15, 0.2) is 5.78 Å². The summed E-state index contributed by atoms with van der Waals surface area (Å²) < 4.78 is 13.7. The third kappa shape index (κ3) is 2.85. The van der Waals surface area contributed by atoms with E-state index in [1.807, 2.05) is 26.0 Å². The summed E-state index contributed by atoms with van der Waals surface area (Å²) in [5, 5.41) is 0.290. The van der Waals surface area contributed by atoms with Gasteiger partial charge in [0.25, 0.3) is 0 Å². The molecule has 0 bridgehead atoms. The topological polar surface area (TPSA) is 17.1 Å². The van der Waals surface area contributed by atoms with Gasteiger partial charge in [-0.15, -0.1) is 0 Å². The zero-order valence-corrected chi connectivity index (χ0v) is 11.6. The second-order valence-electron chi connectivity index (χ2n) is 4.55. The van der Waals surface area contributed by atoms with Crippen molar-refractivity contribution in [2.24, 2.45) is 0 Å². The Morgan fingerprint density at radius 3 is 2.53 bits per heavy atom. The Hall–Kier alpha value is -1.67. The first-order valence-corrected chi connectivity index (χ1v) is 6.41. The lowest BCUT2D eigenvalue weighted by molar-refractivity contribution is 0.0991. The van der Waals surface area contributed by atoms with E-state index in [0.29, 0.717) is 10.6 Å². The van der Waals surface area contributed by atoms with E-state index in [-0.39, 0.29) is 17.8 Å². The number of carbonyl (C=O) groups excluding carboxylic acids is 1. The van der Waals surface area contributed by atoms with Gasteiger partial charge in [-0.1, -0.05) is 35.9 Å². The van der Waals surface area contributed by atoms with E-state index in [0.717, 1.165) is 11.1 Å². The molecule has 1 nitrogen and oxygen atoms in total. The van der Waals surface area contributed by atoms with Crippen LogP contribution in [0.5, 0.6) is 0 Å². The number of ketones is 1. The van der Waals surface area contributed by atoms with Gasteiger partial charge in [-0.05, 0) is 37.1 Å². The summed E-state index contributed by atoms with van der Waals surface area (Å²) in [6, 6.07) is 9.98. The average molecular weight is 277 g/mol. The molecule has 2 aromatic carbocycles. The van der Waals surface area contributed by atoms with Gasteiger partial charge in [0, 0.05) is 22.6 Å². The lowest BCUT2D eigenvalue weighted by atomic mass is 9.96. The molecule has 0 aliphatic rings. The Morgan fingerprint density at radius 2 is 1.84 bits per heavy atom. The number of Topliss-reactive ketones (excluding diaryl/α,β-unsaturated/α-hetero) is 1. The van der Waals surface area contributed by atoms with Gasteiger partial charge in [0.05, 0.1) is 0 Å². The van der Waals surface area contributed by atoms with Crippen LogP contribution >= 0.6 is 11.6 Å². The largest absolute Gasteiger partial charge is 0.294 e. The van der Waals surface area contributed by atoms with Crippen LogP contribution in [0.25, 0.3) is 0 Å². The SMILES string of the molecule is Cc1cccc(C(=O)Cc2c(F)cccc2Cl)c1C. The highest BCUT2D eigenvalue weighted by Gasteiger charge is 2.15. The molecule has 0 radical (unpaired) electrons. The maximum atomic E-state index is 13.7. The van der Waals surface area contributed by atoms with Crippen molar-refractivity contribution in [2.45, 2.75) is 20.3 Å². The first-order valence-electron chi connectivity index (χ1n) is 6.03. The fraction of sp³-hybridized carbons (Fsp3) is 0.188. The van der Waals surface area contributed by atoms with Gasteiger partial charge in [-0.3, -0.25) is 4.79 Å². The molecule has 0 atom stereocenters. The van der Waals surface area contributed by atoms with Crippen molar-refractivity contribution in [3.05, 3.63) is 69.5 Å². The predicted octanol–water partition coefficient (Wildman–Crippen LogP) is 4.52. The molecule has 0 aliphatic carbocycles. The van der Waals surface area contributed by atoms with Crippen molar-refractivity contribution in [3.63, 3.8) is 0 Å². The summed E-state index contributed by atoms with van der Waals surface area (Å²) >= 11 is 5.94. The summed E-state index contributed by atoms with van der Waals surface area (Å²) in [6.07, 6.45) is -0.0181. The van der Waals surface area contributed by atoms with Crippen LogP contribution in [0.2, 0.25) is 5.02 Å². The Balaban J connectivity index is 2.34. The molecule has 0 aromatic heterocycles. The molecule has 2 aromatic rings. The zero-order valence-electron chi connectivity index (χ0n) is 10.8. The lowest BCUT2D eigenvalue weighted by Crippen LogP contribution is -2.08. The van der Waals surface area contributed by atoms with E-state index >= 15 is 0 Å². The summed E-state index contributed by atoms with van der Waals surface area (Å²) in [7, 11) is 0. The van der Waals surface area contributed by atoms with Crippen LogP contribution in [0.3, 0.4) is 0 Å². The van der Waals surface area contributed by atoms with Gasteiger partial charge >= 0.3 is 0 Å². The normalized spacial score (nSPS) is 10.5. The van der Waals surface area contributed by atoms with Gasteiger partial charge in [0.1, 0.15) is 5.82 Å². The molecule has 0 amide bonds. The van der Waals surface area contributed by atoms with Crippen molar-refractivity contribution in [2.75, 3.05) is 0 Å². The van der Waals surface area contributed by atoms with Crippen LogP contribution in [0.1, 0.15) is 27.0 Å². The fourth-order valence-corrected chi connectivity index (χ4v) is 2.24. The molecular weight excluding hydrogens is 263 g/mol. The third-order valence-electron chi connectivity index (χ3n) is 3.30. The van der Waals surface area contributed by atoms with Gasteiger partial charge < -0.3 is 0 Å². The van der Waals surface area contributed by atoms with Crippen LogP contribution in [0.15, 0.2) is 36.4 Å². The van der Waals surface area contributed by atoms with Gasteiger partial charge in [-0.25, -0.2) is 4.39 Å². The number of aryl methyl sites for hydroxylation is 1. The maximum Gasteiger partial charge on any atom is 0.167 e. The summed E-state index contributed by atoms with van der Waals surface area (Å²) in [6.45, 7) is 3.84. The van der Waals surface area contributed by atoms with E-state index in [1.165, 1.54) is 12.1 Å². The number of carbonyl (C=O) groups is 1. The van der Waals surface area contributed by atoms with Crippen LogP contribution in [0, 0.1) is 19.7 Å². The molecule has 0 unspecified atom stereocenters. The number of rotatable bonds is 3. The maximum absolute atomic E-state index is 13.7. The summed E-state index contributed by atoms with van der Waals surface area (Å²) in [5.41, 5.74) is 2.86. The van der Waals surface area contributed by atoms with Crippen molar-refractivity contribution < 1.29 is 9.18 Å². The van der Waals surface area contributed by atoms with Crippen molar-refractivity contribution >= 4 is 17.4 Å². The van der Waals surface area contributed by atoms with Crippen LogP contribution in [-0.2, 0) is 6.42 Å². The molecule has 19 heavy (non-hydrogen) atoms. The van der Waals surface area contributed by atoms with E-state index in [1.54, 1.807) is 12.1 Å². The second-order valence-corrected chi connectivity index (χ2v) is 4.95. The highest BCUT2D eigenvalue weighted by molar-refractivity contribution is 6.31. The second kappa shape index (κ2) is 5.54. The zero-order chi connectivity index (χ0) is 14.0. The molecule has 98 valence electrons. The molecule has 0 N–H and O–H groups in total. The smallest absolute Gasteiger partial charge is 0.167 e. The van der Waals surface area contributed by atoms with E-state index in [2.05, 4.69) is 0 Å². The molecule has 0 aliphatic heterocycles. The highest BCUT2D eigenvalue weighted by atomic mass is 35.5. The van der Waals surface area contributed by atoms with E-state index in [4.69, 9.17) is 11.6 Å². The molecular formula is C16H14ClFO. The molecule has 2 rings (SSSR count). The first kappa shape index (κ1) is 13.8. The number of hydrogen-bond donors (Lipinski definition) is 0. The fourth-order valence-electron chi connectivity index (χ4n) is 2.01. The average Bonchev–Trinajstić information content (AvgIpc) is 2.37. The Kier molecular flexibility index (Phi) is 4.01. The van der Waals surface area contributed by atoms with Crippen molar-refractivity contribution in [1.82, 2.24) is 0 Å². The van der Waals surface area contributed by atoms with Crippen LogP contribution < -0.4 is 0 Å². The minimum atomic E-state index is -0.439. The summed E-state index contributed by atoms with van der Waals surface area (Å²) in [5.74, 6) is -0.556. The number of hydrogen-bond acceptors (Lipinski definition) is 1. The van der Waals surface area contributed by atoms with Gasteiger partial charge in [-0.2, -0.15) is 0 Å². The molecule has 0 heterocycles. The predicted molar refractivity (Wildman–Crippen MR) is 75.4 cm³/mol. The van der Waals surface area contributed by atoms with Crippen LogP contribution in [0.4, 0.5) is 4.39 Å². The minimum absolute atomic E-state index is 0.0181. The Labute approximate surface area is 117 Å². The highest BCUT2D eigenvalue weighted by Crippen LogP contribution is 2.22. The monoisotopic (exact) mass is 276 g/mol. The van der Waals surface area contributed by atoms with E-state index < -0.39 is 5.82 Å². The third-order valence-corrected chi connectivity index (χ3v) is 3.66. The minimum Gasteiger partial charge on any atom is -0.294 e. The van der Waals surface area contributed by atoms with E-state index in [9.17, 15) is 9.18 Å². The molecule has 3 heteroatoms. The molecule has 0 saturated carbocycles. The molecule has 0 spiro atoms. The standard InChI is InChI=1S/C16H14ClFO/c1-10-5-3-6-12(11(10)2)16(19)9-13-14(17)7-4-8-15(13)18/h3-8H,9H2,1-2H3. The Bertz CT molecular complexity index is 614. The lowest BCUT2D eigenvalue weighted by Gasteiger charge is -2.09. The Morgan fingerprint density at radius 1 is 1.16 bits per heavy atom. The summed E-state index contributed by atoms with van der Waals surface area (Å²) in [4.78, 5) is 12.3. The number of benzene rings is 2. The molecule has 0 fully saturated rings. The van der Waals surface area contributed by atoms with Gasteiger partial charge in [0.2, 0.25) is 0 Å². The van der Waals surface area contributed by atoms with Crippen molar-refractivity contribution in [1.29, 1.82) is 0 Å². The molecule has 0 saturated heterocycles. The number of halogens is 2. The van der Waals surface area contributed by atoms with Crippen molar-refractivity contribution in [3.8, 4) is 0 Å². The quantitative estimate of drug-likeness (QED) is 0.753.